The Hall–Kier alpha value is -3.15. The fourth-order valence-electron chi connectivity index (χ4n) is 3.05. The monoisotopic (exact) mass is 342 g/mol. The molecule has 0 bridgehead atoms. The molecule has 0 radical (unpaired) electrons. The second-order valence-corrected chi connectivity index (χ2v) is 5.38. The first-order valence-corrected chi connectivity index (χ1v) is 7.52. The molecule has 3 aromatic rings. The lowest BCUT2D eigenvalue weighted by Crippen LogP contribution is -2.01. The summed E-state index contributed by atoms with van der Waals surface area (Å²) in [6.07, 6.45) is 0. The quantitative estimate of drug-likeness (QED) is 0.712. The van der Waals surface area contributed by atoms with Crippen molar-refractivity contribution in [3.63, 3.8) is 0 Å². The molecule has 0 aromatic heterocycles. The van der Waals surface area contributed by atoms with E-state index >= 15 is 0 Å². The van der Waals surface area contributed by atoms with Gasteiger partial charge in [0.2, 0.25) is 0 Å². The lowest BCUT2D eigenvalue weighted by Gasteiger charge is -2.16. The van der Waals surface area contributed by atoms with Crippen molar-refractivity contribution in [3.8, 4) is 23.0 Å². The van der Waals surface area contributed by atoms with E-state index in [4.69, 9.17) is 18.9 Å². The van der Waals surface area contributed by atoms with E-state index in [0.717, 1.165) is 10.8 Å². The average Bonchev–Trinajstić information content (AvgIpc) is 2.64. The Bertz CT molecular complexity index is 977. The Morgan fingerprint density at radius 1 is 0.720 bits per heavy atom. The first-order valence-electron chi connectivity index (χ1n) is 7.52. The predicted molar refractivity (Wildman–Crippen MR) is 94.6 cm³/mol. The molecule has 130 valence electrons. The van der Waals surface area contributed by atoms with Gasteiger partial charge in [-0.1, -0.05) is 0 Å². The molecule has 1 N–H and O–H groups in total. The summed E-state index contributed by atoms with van der Waals surface area (Å²) in [5.41, 5.74) is 0.148. The summed E-state index contributed by atoms with van der Waals surface area (Å²) in [6, 6.07) is 8.70. The lowest BCUT2D eigenvalue weighted by atomic mass is 9.95. The third-order valence-corrected chi connectivity index (χ3v) is 4.21. The van der Waals surface area contributed by atoms with Crippen LogP contribution in [0.2, 0.25) is 0 Å². The van der Waals surface area contributed by atoms with Crippen LogP contribution in [0.1, 0.15) is 10.4 Å². The molecule has 0 fully saturated rings. The molecule has 6 nitrogen and oxygen atoms in total. The molecule has 3 aromatic carbocycles. The molecule has 3 rings (SSSR count). The van der Waals surface area contributed by atoms with Gasteiger partial charge in [-0.25, -0.2) is 4.79 Å². The summed E-state index contributed by atoms with van der Waals surface area (Å²) in [7, 11) is 6.11. The first kappa shape index (κ1) is 16.7. The summed E-state index contributed by atoms with van der Waals surface area (Å²) in [5.74, 6) is 0.972. The van der Waals surface area contributed by atoms with Crippen LogP contribution < -0.4 is 18.9 Å². The standard InChI is InChI=1S/C19H18O6/c1-22-15-6-5-10-11-8-16(23-2)17(24-3)9-12(11)14(19(20)21)7-13(10)18(15)25-4/h5-9H,1-4H3,(H,20,21). The molecule has 6 heteroatoms. The maximum atomic E-state index is 11.8. The van der Waals surface area contributed by atoms with Gasteiger partial charge in [0.15, 0.2) is 23.0 Å². The van der Waals surface area contributed by atoms with Gasteiger partial charge >= 0.3 is 5.97 Å². The van der Waals surface area contributed by atoms with Gasteiger partial charge < -0.3 is 24.1 Å². The average molecular weight is 342 g/mol. The minimum Gasteiger partial charge on any atom is -0.493 e. The Labute approximate surface area is 144 Å². The number of benzene rings is 3. The molecule has 25 heavy (non-hydrogen) atoms. The maximum Gasteiger partial charge on any atom is 0.336 e. The van der Waals surface area contributed by atoms with Gasteiger partial charge in [0.1, 0.15) is 0 Å². The van der Waals surface area contributed by atoms with Crippen LogP contribution in [0.3, 0.4) is 0 Å². The van der Waals surface area contributed by atoms with Crippen LogP contribution in [0.4, 0.5) is 0 Å². The Morgan fingerprint density at radius 2 is 1.32 bits per heavy atom. The zero-order chi connectivity index (χ0) is 18.1. The van der Waals surface area contributed by atoms with E-state index in [2.05, 4.69) is 0 Å². The third-order valence-electron chi connectivity index (χ3n) is 4.21. The number of rotatable bonds is 5. The predicted octanol–water partition coefficient (Wildman–Crippen LogP) is 3.73. The van der Waals surface area contributed by atoms with Crippen LogP contribution in [-0.4, -0.2) is 39.5 Å². The summed E-state index contributed by atoms with van der Waals surface area (Å²) < 4.78 is 21.5. The van der Waals surface area contributed by atoms with E-state index in [-0.39, 0.29) is 5.56 Å². The second-order valence-electron chi connectivity index (χ2n) is 5.38. The van der Waals surface area contributed by atoms with Crippen molar-refractivity contribution in [1.29, 1.82) is 0 Å². The van der Waals surface area contributed by atoms with E-state index in [1.54, 1.807) is 24.3 Å². The maximum absolute atomic E-state index is 11.8. The Kier molecular flexibility index (Phi) is 4.27. The highest BCUT2D eigenvalue weighted by molar-refractivity contribution is 6.18. The van der Waals surface area contributed by atoms with Gasteiger partial charge in [-0.05, 0) is 41.1 Å². The van der Waals surface area contributed by atoms with Gasteiger partial charge in [-0.15, -0.1) is 0 Å². The van der Waals surface area contributed by atoms with Crippen LogP contribution >= 0.6 is 0 Å². The van der Waals surface area contributed by atoms with Gasteiger partial charge in [-0.2, -0.15) is 0 Å². The smallest absolute Gasteiger partial charge is 0.336 e. The zero-order valence-corrected chi connectivity index (χ0v) is 14.4. The number of hydrogen-bond donors (Lipinski definition) is 1. The molecule has 0 saturated heterocycles. The van der Waals surface area contributed by atoms with E-state index in [1.165, 1.54) is 28.4 Å². The fourth-order valence-corrected chi connectivity index (χ4v) is 3.05. The molecule has 0 unspecified atom stereocenters. The molecule has 0 aliphatic rings. The summed E-state index contributed by atoms with van der Waals surface area (Å²) in [5, 5.41) is 12.5. The number of carbonyl (C=O) groups is 1. The van der Waals surface area contributed by atoms with Gasteiger partial charge in [0.05, 0.1) is 34.0 Å². The molecular weight excluding hydrogens is 324 g/mol. The van der Waals surface area contributed by atoms with Gasteiger partial charge in [0.25, 0.3) is 0 Å². The van der Waals surface area contributed by atoms with Crippen molar-refractivity contribution in [2.24, 2.45) is 0 Å². The topological polar surface area (TPSA) is 74.2 Å². The molecule has 0 amide bonds. The molecule has 0 aliphatic carbocycles. The SMILES string of the molecule is COc1cc2c(C(=O)O)cc3c(OC)c(OC)ccc3c2cc1OC. The van der Waals surface area contributed by atoms with E-state index in [0.29, 0.717) is 33.8 Å². The van der Waals surface area contributed by atoms with E-state index < -0.39 is 5.97 Å². The number of carboxylic acids is 1. The summed E-state index contributed by atoms with van der Waals surface area (Å²) in [6.45, 7) is 0. The normalized spacial score (nSPS) is 10.7. The molecule has 0 heterocycles. The van der Waals surface area contributed by atoms with Crippen LogP contribution in [0.5, 0.6) is 23.0 Å². The summed E-state index contributed by atoms with van der Waals surface area (Å²) >= 11 is 0. The van der Waals surface area contributed by atoms with Crippen molar-refractivity contribution in [1.82, 2.24) is 0 Å². The van der Waals surface area contributed by atoms with E-state index in [9.17, 15) is 9.90 Å². The number of carboxylic acid groups (broad SMARTS) is 1. The third kappa shape index (κ3) is 2.55. The van der Waals surface area contributed by atoms with Crippen LogP contribution in [0.25, 0.3) is 21.5 Å². The molecular formula is C19H18O6. The highest BCUT2D eigenvalue weighted by atomic mass is 16.5. The highest BCUT2D eigenvalue weighted by Gasteiger charge is 2.19. The number of ether oxygens (including phenoxy) is 4. The van der Waals surface area contributed by atoms with E-state index in [1.807, 2.05) is 6.07 Å². The Balaban J connectivity index is 2.55. The first-order chi connectivity index (χ1) is 12.0. The molecule has 0 spiro atoms. The largest absolute Gasteiger partial charge is 0.493 e. The molecule has 0 saturated carbocycles. The van der Waals surface area contributed by atoms with Crippen molar-refractivity contribution >= 4 is 27.5 Å². The minimum atomic E-state index is -1.04. The fraction of sp³-hybridized carbons (Fsp3) is 0.211. The summed E-state index contributed by atoms with van der Waals surface area (Å²) in [4.78, 5) is 11.8. The van der Waals surface area contributed by atoms with Crippen molar-refractivity contribution in [2.45, 2.75) is 0 Å². The number of aromatic carboxylic acids is 1. The van der Waals surface area contributed by atoms with Crippen molar-refractivity contribution in [2.75, 3.05) is 28.4 Å². The minimum absolute atomic E-state index is 0.148. The number of fused-ring (bicyclic) bond motifs is 3. The number of methoxy groups -OCH3 is 4. The highest BCUT2D eigenvalue weighted by Crippen LogP contribution is 2.42. The van der Waals surface area contributed by atoms with Crippen molar-refractivity contribution < 1.29 is 28.8 Å². The lowest BCUT2D eigenvalue weighted by molar-refractivity contribution is 0.0699. The van der Waals surface area contributed by atoms with Crippen molar-refractivity contribution in [3.05, 3.63) is 35.9 Å². The van der Waals surface area contributed by atoms with Crippen LogP contribution in [0, 0.1) is 0 Å². The number of hydrogen-bond acceptors (Lipinski definition) is 5. The zero-order valence-electron chi connectivity index (χ0n) is 14.4. The van der Waals surface area contributed by atoms with Crippen LogP contribution in [0.15, 0.2) is 30.3 Å². The molecule has 0 aliphatic heterocycles. The van der Waals surface area contributed by atoms with Crippen LogP contribution in [-0.2, 0) is 0 Å². The van der Waals surface area contributed by atoms with Gasteiger partial charge in [0, 0.05) is 10.8 Å². The van der Waals surface area contributed by atoms with Gasteiger partial charge in [-0.3, -0.25) is 0 Å². The molecule has 0 atom stereocenters. The second kappa shape index (κ2) is 6.39. The Morgan fingerprint density at radius 3 is 1.84 bits per heavy atom.